The standard InChI is InChI=1S/C23H26N4O3S/c1-23(18-8-3-2-4-9-18)21(29)27(22(30)25-23)16-20(28)24-19-10-6-5-7-17(19)15-26-11-13-31-14-12-26/h2-10H,11-16H2,1H3,(H,24,28)(H,25,30). The highest BCUT2D eigenvalue weighted by Gasteiger charge is 2.49. The second kappa shape index (κ2) is 9.11. The van der Waals surface area contributed by atoms with Crippen molar-refractivity contribution in [3.8, 4) is 0 Å². The number of benzene rings is 2. The molecule has 7 nitrogen and oxygen atoms in total. The predicted octanol–water partition coefficient (Wildman–Crippen LogP) is 2.64. The van der Waals surface area contributed by atoms with E-state index < -0.39 is 23.4 Å². The number of thioether (sulfide) groups is 1. The number of carbonyl (C=O) groups is 3. The van der Waals surface area contributed by atoms with Crippen LogP contribution in [0.25, 0.3) is 0 Å². The van der Waals surface area contributed by atoms with Crippen LogP contribution in [0, 0.1) is 0 Å². The molecule has 162 valence electrons. The molecule has 0 aromatic heterocycles. The lowest BCUT2D eigenvalue weighted by molar-refractivity contribution is -0.133. The van der Waals surface area contributed by atoms with Crippen molar-refractivity contribution in [2.24, 2.45) is 0 Å². The van der Waals surface area contributed by atoms with E-state index in [0.717, 1.165) is 41.6 Å². The van der Waals surface area contributed by atoms with E-state index in [4.69, 9.17) is 0 Å². The number of para-hydroxylation sites is 1. The summed E-state index contributed by atoms with van der Waals surface area (Å²) in [6, 6.07) is 16.2. The lowest BCUT2D eigenvalue weighted by Gasteiger charge is -2.27. The molecule has 2 aliphatic heterocycles. The van der Waals surface area contributed by atoms with Crippen LogP contribution in [0.5, 0.6) is 0 Å². The van der Waals surface area contributed by atoms with Gasteiger partial charge in [0, 0.05) is 36.8 Å². The van der Waals surface area contributed by atoms with Crippen LogP contribution in [0.1, 0.15) is 18.1 Å². The van der Waals surface area contributed by atoms with Gasteiger partial charge in [-0.2, -0.15) is 11.8 Å². The topological polar surface area (TPSA) is 81.8 Å². The molecule has 8 heteroatoms. The molecule has 0 aliphatic carbocycles. The molecular formula is C23H26N4O3S. The molecule has 2 saturated heterocycles. The number of urea groups is 1. The first-order valence-electron chi connectivity index (χ1n) is 10.3. The van der Waals surface area contributed by atoms with Crippen LogP contribution in [0.4, 0.5) is 10.5 Å². The Labute approximate surface area is 186 Å². The summed E-state index contributed by atoms with van der Waals surface area (Å²) in [7, 11) is 0. The number of amides is 4. The smallest absolute Gasteiger partial charge is 0.324 e. The van der Waals surface area contributed by atoms with E-state index in [1.807, 2.05) is 54.2 Å². The number of hydrogen-bond donors (Lipinski definition) is 2. The molecule has 2 fully saturated rings. The number of nitrogens with zero attached hydrogens (tertiary/aromatic N) is 2. The minimum Gasteiger partial charge on any atom is -0.324 e. The third-order valence-electron chi connectivity index (χ3n) is 5.72. The van der Waals surface area contributed by atoms with E-state index in [2.05, 4.69) is 15.5 Å². The second-order valence-corrected chi connectivity index (χ2v) is 9.13. The lowest BCUT2D eigenvalue weighted by Crippen LogP contribution is -2.42. The van der Waals surface area contributed by atoms with Gasteiger partial charge in [-0.3, -0.25) is 19.4 Å². The first kappa shape index (κ1) is 21.4. The Morgan fingerprint density at radius 3 is 2.48 bits per heavy atom. The molecule has 1 atom stereocenters. The van der Waals surface area contributed by atoms with Gasteiger partial charge in [-0.05, 0) is 24.1 Å². The highest BCUT2D eigenvalue weighted by molar-refractivity contribution is 7.99. The molecule has 0 bridgehead atoms. The summed E-state index contributed by atoms with van der Waals surface area (Å²) in [5, 5.41) is 5.62. The normalized spacial score (nSPS) is 21.8. The summed E-state index contributed by atoms with van der Waals surface area (Å²) in [5.41, 5.74) is 1.24. The minimum absolute atomic E-state index is 0.332. The highest BCUT2D eigenvalue weighted by atomic mass is 32.2. The maximum Gasteiger partial charge on any atom is 0.325 e. The second-order valence-electron chi connectivity index (χ2n) is 7.91. The Bertz CT molecular complexity index is 978. The van der Waals surface area contributed by atoms with Crippen molar-refractivity contribution in [2.75, 3.05) is 36.5 Å². The zero-order valence-corrected chi connectivity index (χ0v) is 18.3. The van der Waals surface area contributed by atoms with Gasteiger partial charge >= 0.3 is 6.03 Å². The number of hydrogen-bond acceptors (Lipinski definition) is 5. The summed E-state index contributed by atoms with van der Waals surface area (Å²) in [6.07, 6.45) is 0. The van der Waals surface area contributed by atoms with Gasteiger partial charge < -0.3 is 10.6 Å². The number of nitrogens with one attached hydrogen (secondary N) is 2. The van der Waals surface area contributed by atoms with Crippen molar-refractivity contribution >= 4 is 35.3 Å². The fourth-order valence-corrected chi connectivity index (χ4v) is 4.90. The third kappa shape index (κ3) is 4.60. The quantitative estimate of drug-likeness (QED) is 0.678. The van der Waals surface area contributed by atoms with E-state index in [0.29, 0.717) is 11.3 Å². The average Bonchev–Trinajstić information content (AvgIpc) is 3.00. The van der Waals surface area contributed by atoms with E-state index in [-0.39, 0.29) is 6.54 Å². The zero-order chi connectivity index (χ0) is 21.8. The summed E-state index contributed by atoms with van der Waals surface area (Å²) < 4.78 is 0. The summed E-state index contributed by atoms with van der Waals surface area (Å²) in [5.74, 6) is 1.39. The molecule has 31 heavy (non-hydrogen) atoms. The van der Waals surface area contributed by atoms with Gasteiger partial charge in [0.2, 0.25) is 5.91 Å². The van der Waals surface area contributed by atoms with Crippen LogP contribution in [-0.4, -0.2) is 58.8 Å². The Morgan fingerprint density at radius 1 is 1.06 bits per heavy atom. The van der Waals surface area contributed by atoms with Gasteiger partial charge in [0.1, 0.15) is 12.1 Å². The van der Waals surface area contributed by atoms with E-state index in [1.54, 1.807) is 19.1 Å². The predicted molar refractivity (Wildman–Crippen MR) is 122 cm³/mol. The molecule has 0 spiro atoms. The van der Waals surface area contributed by atoms with Crippen LogP contribution in [0.2, 0.25) is 0 Å². The maximum atomic E-state index is 13.0. The SMILES string of the molecule is CC1(c2ccccc2)NC(=O)N(CC(=O)Nc2ccccc2CN2CCSCC2)C1=O. The minimum atomic E-state index is -1.18. The maximum absolute atomic E-state index is 13.0. The first-order chi connectivity index (χ1) is 15.0. The number of imide groups is 1. The van der Waals surface area contributed by atoms with Gasteiger partial charge in [0.25, 0.3) is 5.91 Å². The number of anilines is 1. The van der Waals surface area contributed by atoms with Crippen molar-refractivity contribution in [2.45, 2.75) is 19.0 Å². The Hall–Kier alpha value is -2.84. The number of rotatable bonds is 6. The molecule has 2 heterocycles. The fraction of sp³-hybridized carbons (Fsp3) is 0.348. The van der Waals surface area contributed by atoms with Gasteiger partial charge in [0.05, 0.1) is 0 Å². The van der Waals surface area contributed by atoms with Crippen LogP contribution in [0.15, 0.2) is 54.6 Å². The van der Waals surface area contributed by atoms with Crippen molar-refractivity contribution in [3.63, 3.8) is 0 Å². The molecule has 0 saturated carbocycles. The highest BCUT2D eigenvalue weighted by Crippen LogP contribution is 2.28. The Kier molecular flexibility index (Phi) is 6.29. The van der Waals surface area contributed by atoms with E-state index in [9.17, 15) is 14.4 Å². The van der Waals surface area contributed by atoms with Crippen LogP contribution < -0.4 is 10.6 Å². The molecule has 4 amide bonds. The first-order valence-corrected chi connectivity index (χ1v) is 11.5. The average molecular weight is 439 g/mol. The molecule has 0 radical (unpaired) electrons. The van der Waals surface area contributed by atoms with Gasteiger partial charge in [-0.1, -0.05) is 48.5 Å². The largest absolute Gasteiger partial charge is 0.325 e. The third-order valence-corrected chi connectivity index (χ3v) is 6.66. The van der Waals surface area contributed by atoms with Gasteiger partial charge in [-0.25, -0.2) is 4.79 Å². The van der Waals surface area contributed by atoms with Crippen molar-refractivity contribution in [1.29, 1.82) is 0 Å². The van der Waals surface area contributed by atoms with Crippen LogP contribution in [-0.2, 0) is 21.7 Å². The van der Waals surface area contributed by atoms with Crippen LogP contribution >= 0.6 is 11.8 Å². The molecule has 2 aromatic rings. The monoisotopic (exact) mass is 438 g/mol. The molecule has 2 aromatic carbocycles. The lowest BCUT2D eigenvalue weighted by atomic mass is 9.92. The molecule has 4 rings (SSSR count). The van der Waals surface area contributed by atoms with Crippen molar-refractivity contribution in [3.05, 3.63) is 65.7 Å². The summed E-state index contributed by atoms with van der Waals surface area (Å²) in [6.45, 7) is 4.13. The zero-order valence-electron chi connectivity index (χ0n) is 17.5. The molecule has 2 aliphatic rings. The summed E-state index contributed by atoms with van der Waals surface area (Å²) in [4.78, 5) is 41.6. The summed E-state index contributed by atoms with van der Waals surface area (Å²) >= 11 is 1.95. The molecule has 2 N–H and O–H groups in total. The van der Waals surface area contributed by atoms with Gasteiger partial charge in [0.15, 0.2) is 0 Å². The van der Waals surface area contributed by atoms with Crippen molar-refractivity contribution < 1.29 is 14.4 Å². The van der Waals surface area contributed by atoms with Crippen molar-refractivity contribution in [1.82, 2.24) is 15.1 Å². The Morgan fingerprint density at radius 2 is 1.74 bits per heavy atom. The number of carbonyl (C=O) groups excluding carboxylic acids is 3. The fourth-order valence-electron chi connectivity index (χ4n) is 3.92. The van der Waals surface area contributed by atoms with E-state index in [1.165, 1.54) is 0 Å². The van der Waals surface area contributed by atoms with E-state index >= 15 is 0 Å². The molecular weight excluding hydrogens is 412 g/mol. The van der Waals surface area contributed by atoms with Crippen LogP contribution in [0.3, 0.4) is 0 Å². The van der Waals surface area contributed by atoms with Gasteiger partial charge in [-0.15, -0.1) is 0 Å². The molecule has 1 unspecified atom stereocenters. The Balaban J connectivity index is 1.43.